The molecule has 2 aromatic carbocycles. The van der Waals surface area contributed by atoms with E-state index in [4.69, 9.17) is 4.74 Å². The maximum atomic E-state index is 12.9. The molecule has 0 aliphatic carbocycles. The molecule has 0 amide bonds. The van der Waals surface area contributed by atoms with Gasteiger partial charge in [-0.1, -0.05) is 60.7 Å². The summed E-state index contributed by atoms with van der Waals surface area (Å²) in [5, 5.41) is 0. The fourth-order valence-electron chi connectivity index (χ4n) is 3.40. The molecule has 1 aliphatic rings. The Morgan fingerprint density at radius 2 is 1.62 bits per heavy atom. The molecule has 140 valence electrons. The lowest BCUT2D eigenvalue weighted by Gasteiger charge is -2.37. The van der Waals surface area contributed by atoms with Crippen LogP contribution in [0, 0.1) is 0 Å². The summed E-state index contributed by atoms with van der Waals surface area (Å²) in [6.07, 6.45) is 2.08. The molecule has 0 aromatic heterocycles. The molecule has 5 heteroatoms. The largest absolute Gasteiger partial charge is 0.375 e. The zero-order chi connectivity index (χ0) is 18.4. The van der Waals surface area contributed by atoms with Gasteiger partial charge in [-0.15, -0.1) is 0 Å². The molecule has 1 saturated heterocycles. The van der Waals surface area contributed by atoms with E-state index in [0.717, 1.165) is 12.8 Å². The summed E-state index contributed by atoms with van der Waals surface area (Å²) in [4.78, 5) is 0. The molecule has 2 atom stereocenters. The van der Waals surface area contributed by atoms with Gasteiger partial charge in [0.1, 0.15) is 0 Å². The Morgan fingerprint density at radius 1 is 1.00 bits per heavy atom. The fourth-order valence-corrected chi connectivity index (χ4v) is 5.15. The average Bonchev–Trinajstić information content (AvgIpc) is 2.65. The first-order chi connectivity index (χ1) is 12.5. The van der Waals surface area contributed by atoms with Crippen molar-refractivity contribution in [1.82, 2.24) is 4.31 Å². The molecule has 3 rings (SSSR count). The monoisotopic (exact) mass is 373 g/mol. The predicted octanol–water partition coefficient (Wildman–Crippen LogP) is 3.28. The van der Waals surface area contributed by atoms with Crippen molar-refractivity contribution < 1.29 is 13.2 Å². The number of hydrogen-bond acceptors (Lipinski definition) is 3. The van der Waals surface area contributed by atoms with Gasteiger partial charge in [0.05, 0.1) is 18.5 Å². The van der Waals surface area contributed by atoms with Crippen molar-refractivity contribution in [3.8, 4) is 0 Å². The van der Waals surface area contributed by atoms with Crippen LogP contribution >= 0.6 is 0 Å². The van der Waals surface area contributed by atoms with Gasteiger partial charge in [0.15, 0.2) is 0 Å². The summed E-state index contributed by atoms with van der Waals surface area (Å²) in [6.45, 7) is 2.81. The maximum Gasteiger partial charge on any atom is 0.214 e. The molecule has 26 heavy (non-hydrogen) atoms. The van der Waals surface area contributed by atoms with Gasteiger partial charge in [0.25, 0.3) is 0 Å². The Labute approximate surface area is 156 Å². The van der Waals surface area contributed by atoms with Crippen LogP contribution in [0.1, 0.15) is 24.5 Å². The van der Waals surface area contributed by atoms with Crippen LogP contribution in [0.5, 0.6) is 0 Å². The molecule has 0 bridgehead atoms. The number of nitrogens with zero attached hydrogens (tertiary/aromatic N) is 1. The number of rotatable bonds is 7. The summed E-state index contributed by atoms with van der Waals surface area (Å²) in [5.74, 6) is 0.185. The van der Waals surface area contributed by atoms with E-state index in [0.29, 0.717) is 19.6 Å². The molecule has 0 spiro atoms. The number of aryl methyl sites for hydroxylation is 1. The smallest absolute Gasteiger partial charge is 0.214 e. The van der Waals surface area contributed by atoms with Crippen LogP contribution < -0.4 is 0 Å². The van der Waals surface area contributed by atoms with E-state index in [9.17, 15) is 8.42 Å². The second-order valence-corrected chi connectivity index (χ2v) is 9.01. The summed E-state index contributed by atoms with van der Waals surface area (Å²) >= 11 is 0. The van der Waals surface area contributed by atoms with Crippen molar-refractivity contribution in [2.75, 3.05) is 18.9 Å². The lowest BCUT2D eigenvalue weighted by atomic mass is 10.1. The van der Waals surface area contributed by atoms with Gasteiger partial charge in [-0.25, -0.2) is 8.42 Å². The molecule has 2 unspecified atom stereocenters. The van der Waals surface area contributed by atoms with E-state index in [-0.39, 0.29) is 17.9 Å². The number of morpholine rings is 1. The minimum atomic E-state index is -3.27. The van der Waals surface area contributed by atoms with E-state index in [1.165, 1.54) is 11.1 Å². The van der Waals surface area contributed by atoms with Gasteiger partial charge in [-0.05, 0) is 37.3 Å². The molecule has 0 N–H and O–H groups in total. The van der Waals surface area contributed by atoms with Gasteiger partial charge < -0.3 is 4.74 Å². The molecule has 2 aromatic rings. The van der Waals surface area contributed by atoms with Crippen molar-refractivity contribution in [3.05, 3.63) is 71.8 Å². The van der Waals surface area contributed by atoms with Gasteiger partial charge in [0, 0.05) is 12.6 Å². The standard InChI is InChI=1S/C21H27NO3S/c1-18-17-25-21(15-20-11-6-3-7-12-20)16-22(18)26(23,24)14-8-13-19-9-4-2-5-10-19/h2-7,9-12,18,21H,8,13-17H2,1H3. The molecule has 4 nitrogen and oxygen atoms in total. The highest BCUT2D eigenvalue weighted by molar-refractivity contribution is 7.89. The van der Waals surface area contributed by atoms with Gasteiger partial charge in [0.2, 0.25) is 10.0 Å². The normalized spacial score (nSPS) is 21.6. The Hall–Kier alpha value is -1.69. The van der Waals surface area contributed by atoms with Crippen molar-refractivity contribution in [3.63, 3.8) is 0 Å². The third-order valence-electron chi connectivity index (χ3n) is 4.82. The Balaban J connectivity index is 1.58. The minimum absolute atomic E-state index is 0.0856. The second kappa shape index (κ2) is 8.80. The van der Waals surface area contributed by atoms with Crippen molar-refractivity contribution >= 4 is 10.0 Å². The highest BCUT2D eigenvalue weighted by atomic mass is 32.2. The van der Waals surface area contributed by atoms with E-state index in [1.807, 2.05) is 55.5 Å². The lowest BCUT2D eigenvalue weighted by Crippen LogP contribution is -2.52. The zero-order valence-electron chi connectivity index (χ0n) is 15.3. The first-order valence-corrected chi connectivity index (χ1v) is 10.8. The number of hydrogen-bond donors (Lipinski definition) is 0. The first-order valence-electron chi connectivity index (χ1n) is 9.23. The quantitative estimate of drug-likeness (QED) is 0.748. The van der Waals surface area contributed by atoms with E-state index >= 15 is 0 Å². The van der Waals surface area contributed by atoms with Crippen LogP contribution in [-0.4, -0.2) is 43.8 Å². The van der Waals surface area contributed by atoms with Crippen LogP contribution in [0.25, 0.3) is 0 Å². The summed E-state index contributed by atoms with van der Waals surface area (Å²) in [5.41, 5.74) is 2.35. The van der Waals surface area contributed by atoms with E-state index in [2.05, 4.69) is 12.1 Å². The van der Waals surface area contributed by atoms with Crippen LogP contribution in [-0.2, 0) is 27.6 Å². The molecule has 0 saturated carbocycles. The zero-order valence-corrected chi connectivity index (χ0v) is 16.1. The Morgan fingerprint density at radius 3 is 2.27 bits per heavy atom. The van der Waals surface area contributed by atoms with Gasteiger partial charge in [-0.2, -0.15) is 4.31 Å². The molecular formula is C21H27NO3S. The van der Waals surface area contributed by atoms with E-state index < -0.39 is 10.0 Å². The molecule has 0 radical (unpaired) electrons. The summed E-state index contributed by atoms with van der Waals surface area (Å²) in [7, 11) is -3.27. The van der Waals surface area contributed by atoms with E-state index in [1.54, 1.807) is 4.31 Å². The van der Waals surface area contributed by atoms with Crippen molar-refractivity contribution in [1.29, 1.82) is 0 Å². The van der Waals surface area contributed by atoms with Crippen molar-refractivity contribution in [2.45, 2.75) is 38.3 Å². The van der Waals surface area contributed by atoms with Gasteiger partial charge >= 0.3 is 0 Å². The van der Waals surface area contributed by atoms with Crippen LogP contribution in [0.15, 0.2) is 60.7 Å². The average molecular weight is 374 g/mol. The van der Waals surface area contributed by atoms with Crippen molar-refractivity contribution in [2.24, 2.45) is 0 Å². The maximum absolute atomic E-state index is 12.9. The Kier molecular flexibility index (Phi) is 6.46. The predicted molar refractivity (Wildman–Crippen MR) is 105 cm³/mol. The lowest BCUT2D eigenvalue weighted by molar-refractivity contribution is -0.0264. The van der Waals surface area contributed by atoms with Crippen LogP contribution in [0.4, 0.5) is 0 Å². The topological polar surface area (TPSA) is 46.6 Å². The second-order valence-electron chi connectivity index (χ2n) is 6.97. The number of benzene rings is 2. The third-order valence-corrected chi connectivity index (χ3v) is 6.85. The Bertz CT molecular complexity index is 777. The van der Waals surface area contributed by atoms with Crippen LogP contribution in [0.2, 0.25) is 0 Å². The molecule has 1 heterocycles. The summed E-state index contributed by atoms with van der Waals surface area (Å²) < 4.78 is 33.2. The highest BCUT2D eigenvalue weighted by Crippen LogP contribution is 2.20. The number of ether oxygens (including phenoxy) is 1. The SMILES string of the molecule is CC1COC(Cc2ccccc2)CN1S(=O)(=O)CCCc1ccccc1. The summed E-state index contributed by atoms with van der Waals surface area (Å²) in [6, 6.07) is 20.0. The third kappa shape index (κ3) is 5.16. The van der Waals surface area contributed by atoms with Crippen LogP contribution in [0.3, 0.4) is 0 Å². The minimum Gasteiger partial charge on any atom is -0.375 e. The fraction of sp³-hybridized carbons (Fsp3) is 0.429. The van der Waals surface area contributed by atoms with Gasteiger partial charge in [-0.3, -0.25) is 0 Å². The molecule has 1 fully saturated rings. The molecule has 1 aliphatic heterocycles. The number of sulfonamides is 1. The molecular weight excluding hydrogens is 346 g/mol. The first kappa shape index (κ1) is 19.1. The highest BCUT2D eigenvalue weighted by Gasteiger charge is 2.34.